The Kier molecular flexibility index (Phi) is 7.73. The van der Waals surface area contributed by atoms with Crippen molar-refractivity contribution in [3.63, 3.8) is 0 Å². The van der Waals surface area contributed by atoms with Gasteiger partial charge in [0, 0.05) is 12.4 Å². The van der Waals surface area contributed by atoms with Gasteiger partial charge >= 0.3 is 0 Å². The molecule has 21 heavy (non-hydrogen) atoms. The van der Waals surface area contributed by atoms with Gasteiger partial charge in [0.25, 0.3) is 0 Å². The van der Waals surface area contributed by atoms with E-state index in [1.54, 1.807) is 24.6 Å². The van der Waals surface area contributed by atoms with Crippen LogP contribution in [0.25, 0.3) is 0 Å². The standard InChI is InChI=1S/C14H20N4OS.HI/c1-10(2)12-9-20-13(18-12)8-17-14(15-3)16-7-11-5-4-6-19-11;/h4-6,9-10H,7-8H2,1-3H3,(H2,15,16,17);1H. The first-order valence-corrected chi connectivity index (χ1v) is 7.48. The van der Waals surface area contributed by atoms with Crippen molar-refractivity contribution in [3.8, 4) is 0 Å². The Hall–Kier alpha value is -1.09. The molecule has 0 unspecified atom stereocenters. The summed E-state index contributed by atoms with van der Waals surface area (Å²) in [5.41, 5.74) is 1.14. The molecule has 0 aliphatic heterocycles. The Morgan fingerprint density at radius 3 is 2.71 bits per heavy atom. The van der Waals surface area contributed by atoms with Gasteiger partial charge in [0.15, 0.2) is 5.96 Å². The van der Waals surface area contributed by atoms with Gasteiger partial charge in [-0.2, -0.15) is 0 Å². The molecule has 0 atom stereocenters. The van der Waals surface area contributed by atoms with Crippen molar-refractivity contribution in [1.29, 1.82) is 0 Å². The number of thiazole rings is 1. The number of hydrogen-bond acceptors (Lipinski definition) is 4. The largest absolute Gasteiger partial charge is 0.467 e. The summed E-state index contributed by atoms with van der Waals surface area (Å²) in [7, 11) is 1.75. The van der Waals surface area contributed by atoms with Crippen LogP contribution in [0.15, 0.2) is 33.2 Å². The molecule has 0 aliphatic carbocycles. The van der Waals surface area contributed by atoms with E-state index in [2.05, 4.69) is 39.8 Å². The highest BCUT2D eigenvalue weighted by atomic mass is 127. The predicted molar refractivity (Wildman–Crippen MR) is 97.4 cm³/mol. The summed E-state index contributed by atoms with van der Waals surface area (Å²) < 4.78 is 5.27. The van der Waals surface area contributed by atoms with E-state index in [4.69, 9.17) is 4.42 Å². The average Bonchev–Trinajstić information content (AvgIpc) is 3.10. The number of nitrogens with zero attached hydrogens (tertiary/aromatic N) is 2. The second-order valence-corrected chi connectivity index (χ2v) is 5.62. The monoisotopic (exact) mass is 420 g/mol. The van der Waals surface area contributed by atoms with Crippen LogP contribution in [0.5, 0.6) is 0 Å². The van der Waals surface area contributed by atoms with Gasteiger partial charge in [-0.3, -0.25) is 4.99 Å². The molecule has 0 aromatic carbocycles. The van der Waals surface area contributed by atoms with Crippen LogP contribution in [0.4, 0.5) is 0 Å². The molecule has 0 aliphatic rings. The topological polar surface area (TPSA) is 62.5 Å². The lowest BCUT2D eigenvalue weighted by atomic mass is 10.2. The fourth-order valence-electron chi connectivity index (χ4n) is 1.64. The van der Waals surface area contributed by atoms with Crippen LogP contribution in [0.2, 0.25) is 0 Å². The van der Waals surface area contributed by atoms with Crippen LogP contribution >= 0.6 is 35.3 Å². The summed E-state index contributed by atoms with van der Waals surface area (Å²) in [6, 6.07) is 3.80. The third-order valence-electron chi connectivity index (χ3n) is 2.80. The zero-order chi connectivity index (χ0) is 14.4. The zero-order valence-electron chi connectivity index (χ0n) is 12.4. The number of furan rings is 1. The Labute approximate surface area is 146 Å². The number of aromatic nitrogens is 1. The predicted octanol–water partition coefficient (Wildman–Crippen LogP) is 3.34. The van der Waals surface area contributed by atoms with Crippen LogP contribution in [0.1, 0.15) is 36.2 Å². The molecule has 116 valence electrons. The van der Waals surface area contributed by atoms with E-state index < -0.39 is 0 Å². The number of nitrogens with one attached hydrogen (secondary N) is 2. The van der Waals surface area contributed by atoms with Gasteiger partial charge in [0.1, 0.15) is 10.8 Å². The molecular weight excluding hydrogens is 399 g/mol. The summed E-state index contributed by atoms with van der Waals surface area (Å²) in [6.07, 6.45) is 1.66. The normalized spacial score (nSPS) is 11.3. The van der Waals surface area contributed by atoms with Crippen molar-refractivity contribution < 1.29 is 4.42 Å². The lowest BCUT2D eigenvalue weighted by Crippen LogP contribution is -2.36. The van der Waals surface area contributed by atoms with Crippen molar-refractivity contribution >= 4 is 41.3 Å². The highest BCUT2D eigenvalue weighted by Gasteiger charge is 2.06. The fraction of sp³-hybridized carbons (Fsp3) is 0.429. The lowest BCUT2D eigenvalue weighted by molar-refractivity contribution is 0.501. The van der Waals surface area contributed by atoms with Crippen molar-refractivity contribution in [2.75, 3.05) is 7.05 Å². The summed E-state index contributed by atoms with van der Waals surface area (Å²) >= 11 is 1.67. The molecular formula is C14H21IN4OS. The summed E-state index contributed by atoms with van der Waals surface area (Å²) in [4.78, 5) is 8.75. The number of rotatable bonds is 5. The average molecular weight is 420 g/mol. The van der Waals surface area contributed by atoms with Gasteiger partial charge in [-0.25, -0.2) is 4.98 Å². The van der Waals surface area contributed by atoms with E-state index in [0.717, 1.165) is 22.4 Å². The molecule has 2 rings (SSSR count). The number of hydrogen-bond donors (Lipinski definition) is 2. The molecule has 2 N–H and O–H groups in total. The highest BCUT2D eigenvalue weighted by Crippen LogP contribution is 2.17. The quantitative estimate of drug-likeness (QED) is 0.443. The van der Waals surface area contributed by atoms with E-state index in [-0.39, 0.29) is 24.0 Å². The van der Waals surface area contributed by atoms with Gasteiger partial charge < -0.3 is 15.1 Å². The smallest absolute Gasteiger partial charge is 0.191 e. The van der Waals surface area contributed by atoms with E-state index in [1.165, 1.54) is 0 Å². The zero-order valence-corrected chi connectivity index (χ0v) is 15.6. The van der Waals surface area contributed by atoms with Crippen molar-refractivity contribution in [3.05, 3.63) is 40.2 Å². The summed E-state index contributed by atoms with van der Waals surface area (Å²) in [6.45, 7) is 5.59. The molecule has 0 saturated carbocycles. The second kappa shape index (κ2) is 9.04. The Balaban J connectivity index is 0.00000220. The van der Waals surface area contributed by atoms with E-state index in [0.29, 0.717) is 19.0 Å². The van der Waals surface area contributed by atoms with Crippen LogP contribution in [-0.4, -0.2) is 18.0 Å². The first-order chi connectivity index (χ1) is 9.69. The molecule has 0 radical (unpaired) electrons. The molecule has 2 aromatic heterocycles. The minimum absolute atomic E-state index is 0. The molecule has 0 saturated heterocycles. The van der Waals surface area contributed by atoms with E-state index in [1.807, 2.05) is 12.1 Å². The summed E-state index contributed by atoms with van der Waals surface area (Å²) in [5.74, 6) is 2.09. The minimum atomic E-state index is 0. The molecule has 0 fully saturated rings. The first kappa shape index (κ1) is 18.0. The highest BCUT2D eigenvalue weighted by molar-refractivity contribution is 14.0. The molecule has 0 bridgehead atoms. The van der Waals surface area contributed by atoms with Gasteiger partial charge in [0.05, 0.1) is 25.0 Å². The third kappa shape index (κ3) is 5.66. The van der Waals surface area contributed by atoms with Gasteiger partial charge in [-0.15, -0.1) is 35.3 Å². The van der Waals surface area contributed by atoms with Crippen LogP contribution in [0, 0.1) is 0 Å². The van der Waals surface area contributed by atoms with Gasteiger partial charge in [-0.1, -0.05) is 13.8 Å². The maximum Gasteiger partial charge on any atom is 0.191 e. The van der Waals surface area contributed by atoms with Crippen molar-refractivity contribution in [1.82, 2.24) is 15.6 Å². The SMILES string of the molecule is CN=C(NCc1ccco1)NCc1nc(C(C)C)cs1.I. The number of guanidine groups is 1. The van der Waals surface area contributed by atoms with E-state index in [9.17, 15) is 0 Å². The number of aliphatic imine (C=N–C) groups is 1. The summed E-state index contributed by atoms with van der Waals surface area (Å²) in [5, 5.41) is 9.62. The number of halogens is 1. The molecule has 2 aromatic rings. The Morgan fingerprint density at radius 1 is 1.38 bits per heavy atom. The maximum atomic E-state index is 5.27. The van der Waals surface area contributed by atoms with Crippen LogP contribution in [0.3, 0.4) is 0 Å². The molecule has 2 heterocycles. The first-order valence-electron chi connectivity index (χ1n) is 6.60. The Bertz CT molecular complexity index is 551. The molecule has 0 amide bonds. The van der Waals surface area contributed by atoms with Crippen molar-refractivity contribution in [2.45, 2.75) is 32.9 Å². The van der Waals surface area contributed by atoms with Crippen molar-refractivity contribution in [2.24, 2.45) is 4.99 Å². The van der Waals surface area contributed by atoms with Crippen LogP contribution in [-0.2, 0) is 13.1 Å². The second-order valence-electron chi connectivity index (χ2n) is 4.68. The van der Waals surface area contributed by atoms with Crippen LogP contribution < -0.4 is 10.6 Å². The third-order valence-corrected chi connectivity index (χ3v) is 3.67. The minimum Gasteiger partial charge on any atom is -0.467 e. The van der Waals surface area contributed by atoms with Gasteiger partial charge in [0.2, 0.25) is 0 Å². The fourth-order valence-corrected chi connectivity index (χ4v) is 2.53. The molecule has 5 nitrogen and oxygen atoms in total. The van der Waals surface area contributed by atoms with Gasteiger partial charge in [-0.05, 0) is 18.1 Å². The molecule has 7 heteroatoms. The van der Waals surface area contributed by atoms with E-state index >= 15 is 0 Å². The molecule has 0 spiro atoms. The Morgan fingerprint density at radius 2 is 2.14 bits per heavy atom. The lowest BCUT2D eigenvalue weighted by Gasteiger charge is -2.09. The maximum absolute atomic E-state index is 5.27.